The summed E-state index contributed by atoms with van der Waals surface area (Å²) >= 11 is 6.61. The summed E-state index contributed by atoms with van der Waals surface area (Å²) in [5.41, 5.74) is 1.56. The lowest BCUT2D eigenvalue weighted by molar-refractivity contribution is -0.122. The zero-order valence-electron chi connectivity index (χ0n) is 20.4. The van der Waals surface area contributed by atoms with E-state index in [0.717, 1.165) is 21.2 Å². The van der Waals surface area contributed by atoms with E-state index in [2.05, 4.69) is 5.32 Å². The first-order chi connectivity index (χ1) is 18.5. The molecule has 0 unspecified atom stereocenters. The smallest absolute Gasteiger partial charge is 0.335 e. The van der Waals surface area contributed by atoms with Crippen LogP contribution in [0.1, 0.15) is 18.1 Å². The van der Waals surface area contributed by atoms with Gasteiger partial charge in [-0.05, 0) is 59.2 Å². The van der Waals surface area contributed by atoms with Crippen molar-refractivity contribution in [1.82, 2.24) is 5.32 Å². The van der Waals surface area contributed by atoms with Crippen LogP contribution in [0.25, 0.3) is 16.8 Å². The topological polar surface area (TPSA) is 84.9 Å². The molecule has 190 valence electrons. The van der Waals surface area contributed by atoms with Gasteiger partial charge in [-0.1, -0.05) is 72.3 Å². The molecule has 4 aromatic rings. The number of urea groups is 1. The fraction of sp³-hybridized carbons (Fsp3) is 0.100. The minimum atomic E-state index is -0.812. The van der Waals surface area contributed by atoms with E-state index in [-0.39, 0.29) is 17.2 Å². The zero-order valence-corrected chi connectivity index (χ0v) is 21.2. The van der Waals surface area contributed by atoms with Crippen molar-refractivity contribution in [2.75, 3.05) is 11.5 Å². The van der Waals surface area contributed by atoms with Crippen LogP contribution in [-0.2, 0) is 16.2 Å². The van der Waals surface area contributed by atoms with Gasteiger partial charge in [0.05, 0.1) is 17.3 Å². The minimum absolute atomic E-state index is 0.212. The molecule has 0 aliphatic carbocycles. The van der Waals surface area contributed by atoms with Crippen molar-refractivity contribution in [2.45, 2.75) is 13.5 Å². The molecule has 38 heavy (non-hydrogen) atoms. The maximum atomic E-state index is 13.2. The Morgan fingerprint density at radius 1 is 0.895 bits per heavy atom. The molecular formula is C30H23ClN2O5. The summed E-state index contributed by atoms with van der Waals surface area (Å²) in [6, 6.07) is 24.8. The highest BCUT2D eigenvalue weighted by molar-refractivity contribution is 6.39. The molecule has 1 saturated heterocycles. The largest absolute Gasteiger partial charge is 0.490 e. The number of hydrogen-bond donors (Lipinski definition) is 1. The summed E-state index contributed by atoms with van der Waals surface area (Å²) in [6.07, 6.45) is 1.38. The van der Waals surface area contributed by atoms with Gasteiger partial charge in [-0.25, -0.2) is 9.69 Å². The fourth-order valence-electron chi connectivity index (χ4n) is 4.28. The van der Waals surface area contributed by atoms with Crippen molar-refractivity contribution < 1.29 is 23.9 Å². The van der Waals surface area contributed by atoms with Gasteiger partial charge in [-0.2, -0.15) is 0 Å². The number of carbonyl (C=O) groups is 3. The van der Waals surface area contributed by atoms with E-state index in [0.29, 0.717) is 29.4 Å². The van der Waals surface area contributed by atoms with Crippen LogP contribution in [0.2, 0.25) is 5.02 Å². The molecule has 4 aromatic carbocycles. The van der Waals surface area contributed by atoms with E-state index in [1.54, 1.807) is 42.5 Å². The number of amides is 4. The van der Waals surface area contributed by atoms with Crippen LogP contribution in [0.3, 0.4) is 0 Å². The predicted molar refractivity (Wildman–Crippen MR) is 146 cm³/mol. The van der Waals surface area contributed by atoms with E-state index in [1.807, 2.05) is 49.4 Å². The highest BCUT2D eigenvalue weighted by Gasteiger charge is 2.36. The van der Waals surface area contributed by atoms with Gasteiger partial charge < -0.3 is 9.47 Å². The summed E-state index contributed by atoms with van der Waals surface area (Å²) in [7, 11) is 0. The number of imide groups is 2. The van der Waals surface area contributed by atoms with Gasteiger partial charge in [-0.15, -0.1) is 0 Å². The van der Waals surface area contributed by atoms with Gasteiger partial charge in [0.15, 0.2) is 11.5 Å². The maximum absolute atomic E-state index is 13.2. The normalized spacial score (nSPS) is 14.6. The van der Waals surface area contributed by atoms with Crippen LogP contribution in [0, 0.1) is 0 Å². The number of nitrogens with zero attached hydrogens (tertiary/aromatic N) is 1. The van der Waals surface area contributed by atoms with Crippen LogP contribution in [0.15, 0.2) is 90.5 Å². The monoisotopic (exact) mass is 526 g/mol. The third-order valence-electron chi connectivity index (χ3n) is 6.01. The van der Waals surface area contributed by atoms with Crippen LogP contribution in [0.5, 0.6) is 11.5 Å². The molecule has 8 heteroatoms. The van der Waals surface area contributed by atoms with E-state index >= 15 is 0 Å². The van der Waals surface area contributed by atoms with E-state index in [4.69, 9.17) is 21.1 Å². The lowest BCUT2D eigenvalue weighted by Crippen LogP contribution is -2.54. The molecular weight excluding hydrogens is 504 g/mol. The summed E-state index contributed by atoms with van der Waals surface area (Å²) in [6.45, 7) is 2.43. The predicted octanol–water partition coefficient (Wildman–Crippen LogP) is 6.14. The van der Waals surface area contributed by atoms with Crippen LogP contribution >= 0.6 is 11.6 Å². The zero-order chi connectivity index (χ0) is 26.6. The average molecular weight is 527 g/mol. The molecule has 0 saturated carbocycles. The summed E-state index contributed by atoms with van der Waals surface area (Å²) < 4.78 is 11.9. The number of carbonyl (C=O) groups excluding carboxylic acids is 3. The highest BCUT2D eigenvalue weighted by Crippen LogP contribution is 2.38. The second-order valence-corrected chi connectivity index (χ2v) is 8.89. The van der Waals surface area contributed by atoms with Gasteiger partial charge in [0.2, 0.25) is 0 Å². The third kappa shape index (κ3) is 4.96. The molecule has 7 nitrogen and oxygen atoms in total. The molecule has 4 amide bonds. The average Bonchev–Trinajstić information content (AvgIpc) is 2.91. The van der Waals surface area contributed by atoms with E-state index < -0.39 is 17.8 Å². The number of rotatable bonds is 7. The molecule has 0 atom stereocenters. The van der Waals surface area contributed by atoms with Crippen LogP contribution < -0.4 is 19.7 Å². The quantitative estimate of drug-likeness (QED) is 0.231. The first-order valence-corrected chi connectivity index (χ1v) is 12.4. The van der Waals surface area contributed by atoms with Crippen LogP contribution in [-0.4, -0.2) is 24.5 Å². The van der Waals surface area contributed by atoms with Gasteiger partial charge in [0.25, 0.3) is 11.8 Å². The number of hydrogen-bond acceptors (Lipinski definition) is 5. The van der Waals surface area contributed by atoms with Crippen molar-refractivity contribution in [3.8, 4) is 11.5 Å². The van der Waals surface area contributed by atoms with Crippen molar-refractivity contribution >= 4 is 52.0 Å². The van der Waals surface area contributed by atoms with Crippen molar-refractivity contribution in [3.05, 3.63) is 107 Å². The SMILES string of the molecule is CCOc1cc(/C=C2\C(=O)NC(=O)N(c3ccccc3)C2=O)cc(Cl)c1OCc1cccc2ccccc12. The number of para-hydroxylation sites is 1. The summed E-state index contributed by atoms with van der Waals surface area (Å²) in [4.78, 5) is 39.1. The molecule has 0 radical (unpaired) electrons. The van der Waals surface area contributed by atoms with E-state index in [1.165, 1.54) is 6.08 Å². The number of halogens is 1. The Kier molecular flexibility index (Phi) is 7.11. The number of nitrogens with one attached hydrogen (secondary N) is 1. The van der Waals surface area contributed by atoms with Crippen molar-refractivity contribution in [3.63, 3.8) is 0 Å². The molecule has 1 heterocycles. The Labute approximate surface area is 224 Å². The Morgan fingerprint density at radius 3 is 2.42 bits per heavy atom. The van der Waals surface area contributed by atoms with Crippen LogP contribution in [0.4, 0.5) is 10.5 Å². The first kappa shape index (κ1) is 25.0. The number of fused-ring (bicyclic) bond motifs is 1. The lowest BCUT2D eigenvalue weighted by Gasteiger charge is -2.26. The summed E-state index contributed by atoms with van der Waals surface area (Å²) in [5, 5.41) is 4.65. The number of anilines is 1. The number of barbiturate groups is 1. The van der Waals surface area contributed by atoms with Gasteiger partial charge >= 0.3 is 6.03 Å². The molecule has 0 bridgehead atoms. The summed E-state index contributed by atoms with van der Waals surface area (Å²) in [5.74, 6) is -0.816. The Balaban J connectivity index is 1.46. The van der Waals surface area contributed by atoms with Gasteiger partial charge in [0.1, 0.15) is 12.2 Å². The van der Waals surface area contributed by atoms with E-state index in [9.17, 15) is 14.4 Å². The highest BCUT2D eigenvalue weighted by atomic mass is 35.5. The lowest BCUT2D eigenvalue weighted by atomic mass is 10.1. The Morgan fingerprint density at radius 2 is 1.63 bits per heavy atom. The third-order valence-corrected chi connectivity index (χ3v) is 6.29. The Hall–Kier alpha value is -4.62. The maximum Gasteiger partial charge on any atom is 0.335 e. The molecule has 1 aliphatic rings. The van der Waals surface area contributed by atoms with Gasteiger partial charge in [0, 0.05) is 0 Å². The number of ether oxygens (including phenoxy) is 2. The molecule has 1 aliphatic heterocycles. The minimum Gasteiger partial charge on any atom is -0.490 e. The van der Waals surface area contributed by atoms with Crippen molar-refractivity contribution in [1.29, 1.82) is 0 Å². The van der Waals surface area contributed by atoms with Gasteiger partial charge in [-0.3, -0.25) is 14.9 Å². The number of benzene rings is 4. The first-order valence-electron chi connectivity index (χ1n) is 12.0. The second-order valence-electron chi connectivity index (χ2n) is 8.48. The molecule has 1 N–H and O–H groups in total. The second kappa shape index (κ2) is 10.8. The molecule has 1 fully saturated rings. The standard InChI is InChI=1S/C30H23ClN2O5/c1-2-37-26-17-19(15-24-28(34)32-30(36)33(29(24)35)22-12-4-3-5-13-22)16-25(31)27(26)38-18-21-11-8-10-20-9-6-7-14-23(20)21/h3-17H,2,18H2,1H3,(H,32,34,36)/b24-15+. The van der Waals surface area contributed by atoms with Crippen molar-refractivity contribution in [2.24, 2.45) is 0 Å². The molecule has 0 aromatic heterocycles. The molecule has 5 rings (SSSR count). The Bertz CT molecular complexity index is 1580. The molecule has 0 spiro atoms. The fourth-order valence-corrected chi connectivity index (χ4v) is 4.55.